The molecule has 9 heteroatoms. The van der Waals surface area contributed by atoms with Gasteiger partial charge in [-0.25, -0.2) is 4.39 Å². The molecular weight excluding hydrogens is 427 g/mol. The van der Waals surface area contributed by atoms with E-state index in [1.165, 1.54) is 6.07 Å². The molecule has 0 spiro atoms. The van der Waals surface area contributed by atoms with E-state index < -0.39 is 23.6 Å². The summed E-state index contributed by atoms with van der Waals surface area (Å²) in [6, 6.07) is 2.42. The zero-order valence-electron chi connectivity index (χ0n) is 16.8. The second-order valence-electron chi connectivity index (χ2n) is 8.94. The summed E-state index contributed by atoms with van der Waals surface area (Å²) in [6.07, 6.45) is -6.07. The molecule has 0 N–H and O–H groups in total. The van der Waals surface area contributed by atoms with Crippen molar-refractivity contribution in [3.63, 3.8) is 0 Å². The highest BCUT2D eigenvalue weighted by Crippen LogP contribution is 2.54. The number of nitrogens with zero attached hydrogens (tertiary/aromatic N) is 1. The molecule has 172 valence electrons. The Morgan fingerprint density at radius 1 is 0.871 bits per heavy atom. The van der Waals surface area contributed by atoms with Gasteiger partial charge in [-0.15, -0.1) is 0 Å². The minimum absolute atomic E-state index is 0.00185. The average molecular weight is 451 g/mol. The predicted octanol–water partition coefficient (Wildman–Crippen LogP) is 6.19. The van der Waals surface area contributed by atoms with Crippen molar-refractivity contribution in [1.29, 1.82) is 0 Å². The van der Waals surface area contributed by atoms with E-state index in [1.54, 1.807) is 0 Å². The van der Waals surface area contributed by atoms with Gasteiger partial charge in [0, 0.05) is 30.0 Å². The first-order valence-electron chi connectivity index (χ1n) is 10.7. The van der Waals surface area contributed by atoms with Crippen LogP contribution in [0.2, 0.25) is 0 Å². The van der Waals surface area contributed by atoms with Crippen LogP contribution in [-0.2, 0) is 16.9 Å². The van der Waals surface area contributed by atoms with Crippen LogP contribution in [0.15, 0.2) is 18.2 Å². The van der Waals surface area contributed by atoms with Crippen LogP contribution in [0.4, 0.5) is 30.7 Å². The fraction of sp³-hybridized carbons (Fsp3) is 0.682. The Bertz CT molecular complexity index is 827. The molecule has 2 atom stereocenters. The lowest BCUT2D eigenvalue weighted by atomic mass is 9.77. The van der Waals surface area contributed by atoms with Crippen molar-refractivity contribution in [2.75, 3.05) is 6.54 Å². The Morgan fingerprint density at radius 3 is 2.13 bits per heavy atom. The van der Waals surface area contributed by atoms with Gasteiger partial charge in [-0.05, 0) is 43.2 Å². The molecule has 2 aliphatic carbocycles. The monoisotopic (exact) mass is 451 g/mol. The molecule has 4 rings (SSSR count). The third-order valence-corrected chi connectivity index (χ3v) is 7.21. The van der Waals surface area contributed by atoms with E-state index >= 15 is 0 Å². The van der Waals surface area contributed by atoms with Crippen LogP contribution in [0.3, 0.4) is 0 Å². The minimum Gasteiger partial charge on any atom is -0.339 e. The Balaban J connectivity index is 1.61. The number of carbonyl (C=O) groups excluding carboxylic acids is 1. The van der Waals surface area contributed by atoms with Gasteiger partial charge in [-0.2, -0.15) is 26.3 Å². The normalized spacial score (nSPS) is 25.3. The van der Waals surface area contributed by atoms with Gasteiger partial charge in [0.2, 0.25) is 5.91 Å². The highest BCUT2D eigenvalue weighted by molar-refractivity contribution is 5.80. The van der Waals surface area contributed by atoms with Crippen molar-refractivity contribution < 1.29 is 35.5 Å². The van der Waals surface area contributed by atoms with Gasteiger partial charge in [-0.1, -0.05) is 37.5 Å². The number of carbonyl (C=O) groups is 1. The van der Waals surface area contributed by atoms with Gasteiger partial charge in [0.15, 0.2) is 0 Å². The molecule has 3 aliphatic rings. The maximum absolute atomic E-state index is 14.4. The molecule has 0 radical (unpaired) electrons. The number of halogens is 7. The standard InChI is InChI=1S/C22H24F7NO/c23-20(21(24,25)26,22(27,28)29)15-7-8-16-14(12-15)6-9-18-17(16)10-11-30(18)19(31)13-4-2-1-3-5-13/h7-8,12-13,17-18H,1-6,9-11H2. The highest BCUT2D eigenvalue weighted by atomic mass is 19.4. The molecule has 31 heavy (non-hydrogen) atoms. The van der Waals surface area contributed by atoms with Crippen molar-refractivity contribution in [1.82, 2.24) is 4.90 Å². The molecule has 2 unspecified atom stereocenters. The van der Waals surface area contributed by atoms with Gasteiger partial charge < -0.3 is 4.90 Å². The summed E-state index contributed by atoms with van der Waals surface area (Å²) in [6.45, 7) is 0.532. The lowest BCUT2D eigenvalue weighted by molar-refractivity contribution is -0.348. The summed E-state index contributed by atoms with van der Waals surface area (Å²) < 4.78 is 93.1. The van der Waals surface area contributed by atoms with Gasteiger partial charge >= 0.3 is 18.0 Å². The molecule has 1 heterocycles. The van der Waals surface area contributed by atoms with E-state index in [9.17, 15) is 35.5 Å². The average Bonchev–Trinajstić information content (AvgIpc) is 3.15. The predicted molar refractivity (Wildman–Crippen MR) is 99.1 cm³/mol. The molecule has 2 nitrogen and oxygen atoms in total. The molecular formula is C22H24F7NO. The van der Waals surface area contributed by atoms with Crippen LogP contribution in [0.1, 0.15) is 67.6 Å². The van der Waals surface area contributed by atoms with E-state index in [-0.39, 0.29) is 30.2 Å². The third kappa shape index (κ3) is 3.61. The van der Waals surface area contributed by atoms with Crippen molar-refractivity contribution >= 4 is 5.91 Å². The van der Waals surface area contributed by atoms with E-state index in [1.807, 2.05) is 4.90 Å². The Morgan fingerprint density at radius 2 is 1.52 bits per heavy atom. The van der Waals surface area contributed by atoms with Crippen molar-refractivity contribution in [2.24, 2.45) is 5.92 Å². The SMILES string of the molecule is O=C(C1CCCCC1)N1CCC2c3ccc(C(F)(C(F)(F)F)C(F)(F)F)cc3CCC21. The van der Waals surface area contributed by atoms with Gasteiger partial charge in [0.05, 0.1) is 0 Å². The van der Waals surface area contributed by atoms with E-state index in [0.717, 1.165) is 38.2 Å². The molecule has 0 aromatic heterocycles. The molecule has 1 saturated heterocycles. The lowest BCUT2D eigenvalue weighted by Gasteiger charge is -2.37. The third-order valence-electron chi connectivity index (χ3n) is 7.21. The number of fused-ring (bicyclic) bond motifs is 3. The fourth-order valence-corrected chi connectivity index (χ4v) is 5.62. The van der Waals surface area contributed by atoms with Crippen molar-refractivity contribution in [3.8, 4) is 0 Å². The quantitative estimate of drug-likeness (QED) is 0.492. The van der Waals surface area contributed by atoms with Crippen molar-refractivity contribution in [2.45, 2.75) is 81.3 Å². The number of amides is 1. The number of benzene rings is 1. The zero-order chi connectivity index (χ0) is 22.6. The Hall–Kier alpha value is -1.80. The van der Waals surface area contributed by atoms with Crippen LogP contribution < -0.4 is 0 Å². The number of alkyl halides is 7. The fourth-order valence-electron chi connectivity index (χ4n) is 5.62. The Labute approximate surface area is 175 Å². The highest BCUT2D eigenvalue weighted by Gasteiger charge is 2.73. The summed E-state index contributed by atoms with van der Waals surface area (Å²) in [7, 11) is 0. The number of hydrogen-bond donors (Lipinski definition) is 0. The lowest BCUT2D eigenvalue weighted by Crippen LogP contribution is -2.50. The summed E-state index contributed by atoms with van der Waals surface area (Å²) in [5, 5.41) is 0. The first kappa shape index (κ1) is 22.4. The van der Waals surface area contributed by atoms with Crippen LogP contribution >= 0.6 is 0 Å². The topological polar surface area (TPSA) is 20.3 Å². The minimum atomic E-state index is -6.12. The molecule has 1 aromatic rings. The van der Waals surface area contributed by atoms with E-state index in [2.05, 4.69) is 0 Å². The van der Waals surface area contributed by atoms with E-state index in [0.29, 0.717) is 36.6 Å². The summed E-state index contributed by atoms with van der Waals surface area (Å²) in [5.74, 6) is -0.0256. The van der Waals surface area contributed by atoms with Gasteiger partial charge in [0.1, 0.15) is 0 Å². The molecule has 1 aliphatic heterocycles. The smallest absolute Gasteiger partial charge is 0.339 e. The molecule has 1 amide bonds. The number of aryl methyl sites for hydroxylation is 1. The maximum atomic E-state index is 14.4. The van der Waals surface area contributed by atoms with Crippen molar-refractivity contribution in [3.05, 3.63) is 34.9 Å². The van der Waals surface area contributed by atoms with Gasteiger partial charge in [0.25, 0.3) is 0 Å². The molecule has 2 fully saturated rings. The molecule has 1 aromatic carbocycles. The molecule has 1 saturated carbocycles. The summed E-state index contributed by atoms with van der Waals surface area (Å²) in [4.78, 5) is 14.9. The first-order chi connectivity index (χ1) is 14.4. The van der Waals surface area contributed by atoms with Gasteiger partial charge in [-0.3, -0.25) is 4.79 Å². The summed E-state index contributed by atoms with van der Waals surface area (Å²) in [5.41, 5.74) is -5.91. The number of hydrogen-bond acceptors (Lipinski definition) is 1. The Kier molecular flexibility index (Phi) is 5.53. The van der Waals surface area contributed by atoms with Crippen LogP contribution in [0.25, 0.3) is 0 Å². The second kappa shape index (κ2) is 7.66. The second-order valence-corrected chi connectivity index (χ2v) is 8.94. The largest absolute Gasteiger partial charge is 0.435 e. The van der Waals surface area contributed by atoms with Crippen LogP contribution in [0.5, 0.6) is 0 Å². The van der Waals surface area contributed by atoms with E-state index in [4.69, 9.17) is 0 Å². The number of likely N-dealkylation sites (tertiary alicyclic amines) is 1. The summed E-state index contributed by atoms with van der Waals surface area (Å²) >= 11 is 0. The number of rotatable bonds is 2. The first-order valence-corrected chi connectivity index (χ1v) is 10.7. The molecule has 0 bridgehead atoms. The maximum Gasteiger partial charge on any atom is 0.435 e. The van der Waals surface area contributed by atoms with Crippen LogP contribution in [0, 0.1) is 5.92 Å². The zero-order valence-corrected chi connectivity index (χ0v) is 16.8. The van der Waals surface area contributed by atoms with Crippen LogP contribution in [-0.4, -0.2) is 35.7 Å².